The first-order valence-corrected chi connectivity index (χ1v) is 6.04. The third-order valence-electron chi connectivity index (χ3n) is 2.97. The van der Waals surface area contributed by atoms with Gasteiger partial charge in [-0.15, -0.1) is 0 Å². The predicted molar refractivity (Wildman–Crippen MR) is 61.1 cm³/mol. The Morgan fingerprint density at radius 3 is 2.62 bits per heavy atom. The smallest absolute Gasteiger partial charge is 0.326 e. The molecule has 0 radical (unpaired) electrons. The summed E-state index contributed by atoms with van der Waals surface area (Å²) in [5.41, 5.74) is 0. The van der Waals surface area contributed by atoms with Crippen LogP contribution in [0.3, 0.4) is 0 Å². The number of rotatable bonds is 4. The second-order valence-corrected chi connectivity index (χ2v) is 4.88. The summed E-state index contributed by atoms with van der Waals surface area (Å²) in [4.78, 5) is 24.6. The van der Waals surface area contributed by atoms with Gasteiger partial charge >= 0.3 is 5.97 Å². The lowest BCUT2D eigenvalue weighted by atomic mass is 10.0. The van der Waals surface area contributed by atoms with Crippen LogP contribution in [0, 0.1) is 5.92 Å². The summed E-state index contributed by atoms with van der Waals surface area (Å²) >= 11 is 0. The Bertz CT molecular complexity index is 263. The second-order valence-electron chi connectivity index (χ2n) is 4.88. The summed E-state index contributed by atoms with van der Waals surface area (Å²) in [5.74, 6) is -0.577. The van der Waals surface area contributed by atoms with E-state index >= 15 is 0 Å². The van der Waals surface area contributed by atoms with Crippen molar-refractivity contribution in [3.8, 4) is 0 Å². The zero-order valence-electron chi connectivity index (χ0n) is 10.1. The monoisotopic (exact) mass is 227 g/mol. The number of hydrogen-bond donors (Lipinski definition) is 1. The number of carboxylic acid groups (broad SMARTS) is 1. The van der Waals surface area contributed by atoms with Gasteiger partial charge in [0, 0.05) is 13.0 Å². The normalized spacial score (nSPS) is 19.7. The standard InChI is InChI=1S/C12H21NO3/c1-9(2)8-10(12(15)16)13-7-5-3-4-6-11(13)14/h9-10H,3-8H2,1-2H3,(H,15,16). The first-order chi connectivity index (χ1) is 7.52. The predicted octanol–water partition coefficient (Wildman–Crippen LogP) is 1.89. The quantitative estimate of drug-likeness (QED) is 0.797. The van der Waals surface area contributed by atoms with Gasteiger partial charge in [-0.1, -0.05) is 20.3 Å². The van der Waals surface area contributed by atoms with E-state index in [9.17, 15) is 14.7 Å². The molecular weight excluding hydrogens is 206 g/mol. The number of hydrogen-bond acceptors (Lipinski definition) is 2. The lowest BCUT2D eigenvalue weighted by Gasteiger charge is -2.28. The van der Waals surface area contributed by atoms with Crippen molar-refractivity contribution in [2.24, 2.45) is 5.92 Å². The van der Waals surface area contributed by atoms with Crippen molar-refractivity contribution < 1.29 is 14.7 Å². The minimum atomic E-state index is -0.871. The van der Waals surface area contributed by atoms with Gasteiger partial charge in [0.05, 0.1) is 0 Å². The van der Waals surface area contributed by atoms with Crippen molar-refractivity contribution in [2.45, 2.75) is 52.0 Å². The van der Waals surface area contributed by atoms with Crippen LogP contribution in [0.2, 0.25) is 0 Å². The average molecular weight is 227 g/mol. The number of aliphatic carboxylic acids is 1. The molecule has 1 heterocycles. The molecule has 0 aromatic rings. The zero-order chi connectivity index (χ0) is 12.1. The third kappa shape index (κ3) is 3.51. The van der Waals surface area contributed by atoms with Gasteiger partial charge in [0.25, 0.3) is 0 Å². The summed E-state index contributed by atoms with van der Waals surface area (Å²) in [6.45, 7) is 4.57. The van der Waals surface area contributed by atoms with Crippen LogP contribution in [0.15, 0.2) is 0 Å². The van der Waals surface area contributed by atoms with Gasteiger partial charge in [0.1, 0.15) is 6.04 Å². The Hall–Kier alpha value is -1.06. The SMILES string of the molecule is CC(C)CC(C(=O)O)N1CCCCCC1=O. The lowest BCUT2D eigenvalue weighted by molar-refractivity contribution is -0.150. The molecule has 0 aromatic heterocycles. The van der Waals surface area contributed by atoms with E-state index in [0.29, 0.717) is 19.4 Å². The zero-order valence-corrected chi connectivity index (χ0v) is 10.1. The lowest BCUT2D eigenvalue weighted by Crippen LogP contribution is -2.45. The first-order valence-electron chi connectivity index (χ1n) is 6.04. The highest BCUT2D eigenvalue weighted by Gasteiger charge is 2.30. The van der Waals surface area contributed by atoms with Gasteiger partial charge in [-0.05, 0) is 25.2 Å². The number of carbonyl (C=O) groups excluding carboxylic acids is 1. The van der Waals surface area contributed by atoms with E-state index in [1.165, 1.54) is 0 Å². The van der Waals surface area contributed by atoms with Crippen molar-refractivity contribution in [1.29, 1.82) is 0 Å². The molecule has 0 bridgehead atoms. The number of carbonyl (C=O) groups is 2. The summed E-state index contributed by atoms with van der Waals surface area (Å²) in [6, 6.07) is -0.634. The molecule has 1 atom stereocenters. The van der Waals surface area contributed by atoms with Gasteiger partial charge < -0.3 is 10.0 Å². The Kier molecular flexibility index (Phi) is 4.77. The molecule has 1 amide bonds. The minimum Gasteiger partial charge on any atom is -0.480 e. The Morgan fingerprint density at radius 1 is 1.38 bits per heavy atom. The largest absolute Gasteiger partial charge is 0.480 e. The first kappa shape index (κ1) is 13.0. The molecule has 4 nitrogen and oxygen atoms in total. The van der Waals surface area contributed by atoms with Crippen molar-refractivity contribution in [2.75, 3.05) is 6.54 Å². The van der Waals surface area contributed by atoms with E-state index in [1.54, 1.807) is 4.90 Å². The van der Waals surface area contributed by atoms with Crippen LogP contribution in [-0.4, -0.2) is 34.5 Å². The van der Waals surface area contributed by atoms with Crippen LogP contribution in [-0.2, 0) is 9.59 Å². The molecule has 1 N–H and O–H groups in total. The van der Waals surface area contributed by atoms with E-state index in [1.807, 2.05) is 13.8 Å². The fourth-order valence-electron chi connectivity index (χ4n) is 2.14. The molecule has 0 spiro atoms. The number of nitrogens with zero attached hydrogens (tertiary/aromatic N) is 1. The maximum absolute atomic E-state index is 11.8. The average Bonchev–Trinajstić information content (AvgIpc) is 2.39. The molecule has 1 aliphatic rings. The molecule has 4 heteroatoms. The fourth-order valence-corrected chi connectivity index (χ4v) is 2.14. The van der Waals surface area contributed by atoms with Crippen molar-refractivity contribution in [3.63, 3.8) is 0 Å². The maximum Gasteiger partial charge on any atom is 0.326 e. The van der Waals surface area contributed by atoms with Gasteiger partial charge in [-0.2, -0.15) is 0 Å². The minimum absolute atomic E-state index is 0.00514. The molecule has 1 rings (SSSR count). The number of carboxylic acids is 1. The molecule has 1 aliphatic heterocycles. The Labute approximate surface area is 96.6 Å². The highest BCUT2D eigenvalue weighted by molar-refractivity contribution is 5.83. The molecule has 0 aliphatic carbocycles. The topological polar surface area (TPSA) is 57.6 Å². The number of amides is 1. The van der Waals surface area contributed by atoms with Gasteiger partial charge in [0.2, 0.25) is 5.91 Å². The van der Waals surface area contributed by atoms with E-state index in [-0.39, 0.29) is 11.8 Å². The molecule has 1 unspecified atom stereocenters. The Balaban J connectivity index is 2.74. The van der Waals surface area contributed by atoms with Gasteiger partial charge in [-0.25, -0.2) is 4.79 Å². The molecule has 0 aromatic carbocycles. The van der Waals surface area contributed by atoms with Gasteiger partial charge in [0.15, 0.2) is 0 Å². The maximum atomic E-state index is 11.8. The Morgan fingerprint density at radius 2 is 2.06 bits per heavy atom. The van der Waals surface area contributed by atoms with Crippen LogP contribution in [0.4, 0.5) is 0 Å². The summed E-state index contributed by atoms with van der Waals surface area (Å²) in [7, 11) is 0. The van der Waals surface area contributed by atoms with Crippen LogP contribution >= 0.6 is 0 Å². The molecule has 92 valence electrons. The van der Waals surface area contributed by atoms with Gasteiger partial charge in [-0.3, -0.25) is 4.79 Å². The van der Waals surface area contributed by atoms with Crippen LogP contribution in [0.5, 0.6) is 0 Å². The summed E-state index contributed by atoms with van der Waals surface area (Å²) < 4.78 is 0. The summed E-state index contributed by atoms with van der Waals surface area (Å²) in [5, 5.41) is 9.19. The molecule has 16 heavy (non-hydrogen) atoms. The van der Waals surface area contributed by atoms with Crippen molar-refractivity contribution in [3.05, 3.63) is 0 Å². The van der Waals surface area contributed by atoms with E-state index in [4.69, 9.17) is 0 Å². The third-order valence-corrected chi connectivity index (χ3v) is 2.97. The fraction of sp³-hybridized carbons (Fsp3) is 0.833. The highest BCUT2D eigenvalue weighted by Crippen LogP contribution is 2.18. The molecule has 1 saturated heterocycles. The summed E-state index contributed by atoms with van der Waals surface area (Å²) in [6.07, 6.45) is 3.89. The van der Waals surface area contributed by atoms with Crippen molar-refractivity contribution >= 4 is 11.9 Å². The van der Waals surface area contributed by atoms with Crippen LogP contribution in [0.25, 0.3) is 0 Å². The second kappa shape index (κ2) is 5.87. The van der Waals surface area contributed by atoms with E-state index in [2.05, 4.69) is 0 Å². The molecule has 0 saturated carbocycles. The van der Waals surface area contributed by atoms with Crippen LogP contribution in [0.1, 0.15) is 46.0 Å². The van der Waals surface area contributed by atoms with Crippen molar-refractivity contribution in [1.82, 2.24) is 4.90 Å². The van der Waals surface area contributed by atoms with E-state index < -0.39 is 12.0 Å². The number of likely N-dealkylation sites (tertiary alicyclic amines) is 1. The van der Waals surface area contributed by atoms with Crippen LogP contribution < -0.4 is 0 Å². The molecule has 1 fully saturated rings. The molecular formula is C12H21NO3. The van der Waals surface area contributed by atoms with E-state index in [0.717, 1.165) is 19.3 Å². The highest BCUT2D eigenvalue weighted by atomic mass is 16.4.